The highest BCUT2D eigenvalue weighted by molar-refractivity contribution is 7.20. The Morgan fingerprint density at radius 3 is 2.44 bits per heavy atom. The topological polar surface area (TPSA) is 12.0 Å². The molecule has 2 aromatic rings. The van der Waals surface area contributed by atoms with Gasteiger partial charge in [-0.1, -0.05) is 23.2 Å². The SMILES string of the molecule is CNC(c1cc(F)ccc1F)c1cc(Cl)sc1Cl. The zero-order chi connectivity index (χ0) is 13.3. The summed E-state index contributed by atoms with van der Waals surface area (Å²) in [5, 5.41) is 2.91. The molecule has 1 unspecified atom stereocenters. The van der Waals surface area contributed by atoms with Crippen LogP contribution in [0.4, 0.5) is 8.78 Å². The van der Waals surface area contributed by atoms with Gasteiger partial charge in [0.1, 0.15) is 11.6 Å². The fraction of sp³-hybridized carbons (Fsp3) is 0.167. The first-order valence-electron chi connectivity index (χ1n) is 5.10. The van der Waals surface area contributed by atoms with E-state index in [1.54, 1.807) is 13.1 Å². The quantitative estimate of drug-likeness (QED) is 0.871. The van der Waals surface area contributed by atoms with Gasteiger partial charge in [0.25, 0.3) is 0 Å². The van der Waals surface area contributed by atoms with Crippen molar-refractivity contribution in [3.05, 3.63) is 55.7 Å². The molecule has 0 aliphatic heterocycles. The van der Waals surface area contributed by atoms with E-state index in [0.29, 0.717) is 14.2 Å². The molecule has 0 spiro atoms. The van der Waals surface area contributed by atoms with E-state index in [-0.39, 0.29) is 5.56 Å². The van der Waals surface area contributed by atoms with Crippen molar-refractivity contribution in [2.75, 3.05) is 7.05 Å². The van der Waals surface area contributed by atoms with Crippen molar-refractivity contribution in [1.29, 1.82) is 0 Å². The summed E-state index contributed by atoms with van der Waals surface area (Å²) in [4.78, 5) is 0. The van der Waals surface area contributed by atoms with E-state index >= 15 is 0 Å². The molecule has 0 saturated heterocycles. The number of nitrogens with one attached hydrogen (secondary N) is 1. The molecular weight excluding hydrogens is 299 g/mol. The van der Waals surface area contributed by atoms with Crippen molar-refractivity contribution in [2.45, 2.75) is 6.04 Å². The average molecular weight is 308 g/mol. The first-order chi connectivity index (χ1) is 8.52. The smallest absolute Gasteiger partial charge is 0.128 e. The van der Waals surface area contributed by atoms with Gasteiger partial charge in [-0.25, -0.2) is 8.78 Å². The number of hydrogen-bond acceptors (Lipinski definition) is 2. The summed E-state index contributed by atoms with van der Waals surface area (Å²) in [7, 11) is 1.65. The third-order valence-corrected chi connectivity index (χ3v) is 4.07. The zero-order valence-corrected chi connectivity index (χ0v) is 11.6. The predicted molar refractivity (Wildman–Crippen MR) is 71.6 cm³/mol. The molecule has 1 aromatic carbocycles. The lowest BCUT2D eigenvalue weighted by atomic mass is 10.0. The van der Waals surface area contributed by atoms with Crippen molar-refractivity contribution >= 4 is 34.5 Å². The highest BCUT2D eigenvalue weighted by Crippen LogP contribution is 2.38. The maximum atomic E-state index is 13.8. The molecule has 0 radical (unpaired) electrons. The Morgan fingerprint density at radius 2 is 1.89 bits per heavy atom. The molecular formula is C12H9Cl2F2NS. The minimum Gasteiger partial charge on any atom is -0.309 e. The Hall–Kier alpha value is -0.680. The Bertz CT molecular complexity index is 571. The fourth-order valence-electron chi connectivity index (χ4n) is 1.76. The van der Waals surface area contributed by atoms with E-state index in [4.69, 9.17) is 23.2 Å². The zero-order valence-electron chi connectivity index (χ0n) is 9.31. The first kappa shape index (κ1) is 13.7. The molecule has 0 amide bonds. The lowest BCUT2D eigenvalue weighted by molar-refractivity contribution is 0.558. The summed E-state index contributed by atoms with van der Waals surface area (Å²) in [6.07, 6.45) is 0. The molecule has 1 nitrogen and oxygen atoms in total. The van der Waals surface area contributed by atoms with Gasteiger partial charge in [-0.3, -0.25) is 0 Å². The van der Waals surface area contributed by atoms with Crippen molar-refractivity contribution in [2.24, 2.45) is 0 Å². The van der Waals surface area contributed by atoms with Gasteiger partial charge < -0.3 is 5.32 Å². The molecule has 0 saturated carbocycles. The van der Waals surface area contributed by atoms with Gasteiger partial charge in [0.2, 0.25) is 0 Å². The van der Waals surface area contributed by atoms with Crippen LogP contribution in [-0.4, -0.2) is 7.05 Å². The molecule has 1 heterocycles. The second-order valence-electron chi connectivity index (χ2n) is 3.67. The van der Waals surface area contributed by atoms with Gasteiger partial charge >= 0.3 is 0 Å². The second-order valence-corrected chi connectivity index (χ2v) is 5.95. The number of hydrogen-bond donors (Lipinski definition) is 1. The van der Waals surface area contributed by atoms with Gasteiger partial charge in [-0.05, 0) is 31.3 Å². The monoisotopic (exact) mass is 307 g/mol. The average Bonchev–Trinajstić information content (AvgIpc) is 2.64. The van der Waals surface area contributed by atoms with Crippen LogP contribution in [0.1, 0.15) is 17.2 Å². The Balaban J connectivity index is 2.51. The Labute approximate surface area is 117 Å². The number of halogens is 4. The first-order valence-corrected chi connectivity index (χ1v) is 6.67. The minimum absolute atomic E-state index is 0.203. The minimum atomic E-state index is -0.531. The fourth-order valence-corrected chi connectivity index (χ4v) is 3.30. The predicted octanol–water partition coefficient (Wildman–Crippen LogP) is 4.64. The second kappa shape index (κ2) is 5.53. The van der Waals surface area contributed by atoms with Crippen LogP contribution in [0.5, 0.6) is 0 Å². The van der Waals surface area contributed by atoms with Crippen molar-refractivity contribution in [3.8, 4) is 0 Å². The highest BCUT2D eigenvalue weighted by atomic mass is 35.5. The third kappa shape index (κ3) is 2.67. The molecule has 0 aliphatic rings. The molecule has 0 aliphatic carbocycles. The van der Waals surface area contributed by atoms with Crippen LogP contribution in [0.2, 0.25) is 8.67 Å². The lowest BCUT2D eigenvalue weighted by Crippen LogP contribution is -2.19. The Kier molecular flexibility index (Phi) is 4.22. The molecule has 96 valence electrons. The molecule has 1 atom stereocenters. The standard InChI is InChI=1S/C12H9Cl2F2NS/c1-17-11(8-5-10(13)18-12(8)14)7-4-6(15)2-3-9(7)16/h2-5,11,17H,1H3. The van der Waals surface area contributed by atoms with E-state index in [9.17, 15) is 8.78 Å². The highest BCUT2D eigenvalue weighted by Gasteiger charge is 2.21. The van der Waals surface area contributed by atoms with Crippen LogP contribution in [0, 0.1) is 11.6 Å². The molecule has 2 rings (SSSR count). The molecule has 1 N–H and O–H groups in total. The third-order valence-electron chi connectivity index (χ3n) is 2.55. The van der Waals surface area contributed by atoms with Crippen molar-refractivity contribution in [1.82, 2.24) is 5.32 Å². The van der Waals surface area contributed by atoms with Crippen LogP contribution in [-0.2, 0) is 0 Å². The summed E-state index contributed by atoms with van der Waals surface area (Å²) in [6, 6.07) is 4.44. The van der Waals surface area contributed by atoms with Crippen LogP contribution in [0.3, 0.4) is 0 Å². The Morgan fingerprint density at radius 1 is 1.17 bits per heavy atom. The van der Waals surface area contributed by atoms with Crippen molar-refractivity contribution < 1.29 is 8.78 Å². The van der Waals surface area contributed by atoms with Gasteiger partial charge in [0, 0.05) is 11.1 Å². The summed E-state index contributed by atoms with van der Waals surface area (Å²) in [5.41, 5.74) is 0.840. The van der Waals surface area contributed by atoms with Crippen molar-refractivity contribution in [3.63, 3.8) is 0 Å². The summed E-state index contributed by atoms with van der Waals surface area (Å²) >= 11 is 13.1. The van der Waals surface area contributed by atoms with E-state index in [1.165, 1.54) is 11.3 Å². The molecule has 0 fully saturated rings. The number of benzene rings is 1. The van der Waals surface area contributed by atoms with Crippen LogP contribution in [0.25, 0.3) is 0 Å². The van der Waals surface area contributed by atoms with Gasteiger partial charge in [-0.15, -0.1) is 11.3 Å². The van der Waals surface area contributed by atoms with Gasteiger partial charge in [-0.2, -0.15) is 0 Å². The van der Waals surface area contributed by atoms with Gasteiger partial charge in [0.15, 0.2) is 0 Å². The largest absolute Gasteiger partial charge is 0.309 e. The number of rotatable bonds is 3. The van der Waals surface area contributed by atoms with E-state index in [2.05, 4.69) is 5.32 Å². The van der Waals surface area contributed by atoms with Crippen LogP contribution >= 0.6 is 34.5 Å². The normalized spacial score (nSPS) is 12.7. The summed E-state index contributed by atoms with van der Waals surface area (Å²) < 4.78 is 27.9. The van der Waals surface area contributed by atoms with E-state index in [1.807, 2.05) is 0 Å². The lowest BCUT2D eigenvalue weighted by Gasteiger charge is -2.17. The van der Waals surface area contributed by atoms with E-state index in [0.717, 1.165) is 18.2 Å². The van der Waals surface area contributed by atoms with Crippen LogP contribution < -0.4 is 5.32 Å². The molecule has 1 aromatic heterocycles. The number of thiophene rings is 1. The maximum absolute atomic E-state index is 13.8. The molecule has 0 bridgehead atoms. The molecule has 18 heavy (non-hydrogen) atoms. The summed E-state index contributed by atoms with van der Waals surface area (Å²) in [6.45, 7) is 0. The van der Waals surface area contributed by atoms with E-state index < -0.39 is 17.7 Å². The van der Waals surface area contributed by atoms with Gasteiger partial charge in [0.05, 0.1) is 14.7 Å². The maximum Gasteiger partial charge on any atom is 0.128 e. The van der Waals surface area contributed by atoms with Crippen LogP contribution in [0.15, 0.2) is 24.3 Å². The summed E-state index contributed by atoms with van der Waals surface area (Å²) in [5.74, 6) is -0.988. The molecule has 6 heteroatoms.